The van der Waals surface area contributed by atoms with Crippen LogP contribution < -0.4 is 5.32 Å². The molecule has 1 aliphatic carbocycles. The average Bonchev–Trinajstić information content (AvgIpc) is 2.62. The minimum atomic E-state index is 0.0845. The van der Waals surface area contributed by atoms with Crippen molar-refractivity contribution in [3.05, 3.63) is 47.7 Å². The number of likely N-dealkylation sites (tertiary alicyclic amines) is 1. The normalized spacial score (nSPS) is 19.5. The summed E-state index contributed by atoms with van der Waals surface area (Å²) in [5.74, 6) is 0.707. The van der Waals surface area contributed by atoms with E-state index in [9.17, 15) is 4.79 Å². The molecule has 0 unspecified atom stereocenters. The third-order valence-electron chi connectivity index (χ3n) is 5.16. The largest absolute Gasteiger partial charge is 0.325 e. The third-order valence-corrected chi connectivity index (χ3v) is 5.16. The lowest BCUT2D eigenvalue weighted by molar-refractivity contribution is 0.173. The highest BCUT2D eigenvalue weighted by Gasteiger charge is 2.22. The summed E-state index contributed by atoms with van der Waals surface area (Å²) >= 11 is 0. The zero-order valence-corrected chi connectivity index (χ0v) is 14.0. The molecule has 1 saturated heterocycles. The SMILES string of the molecule is O=C(NC=C1CCCCC1)N1CCC(Cc2ccccc2)CC1. The number of allylic oxidation sites excluding steroid dienone is 1. The van der Waals surface area contributed by atoms with E-state index < -0.39 is 0 Å². The van der Waals surface area contributed by atoms with Crippen molar-refractivity contribution in [3.63, 3.8) is 0 Å². The highest BCUT2D eigenvalue weighted by atomic mass is 16.2. The van der Waals surface area contributed by atoms with E-state index in [0.29, 0.717) is 5.92 Å². The van der Waals surface area contributed by atoms with Crippen molar-refractivity contribution in [2.24, 2.45) is 5.92 Å². The molecule has 0 aromatic heterocycles. The number of benzene rings is 1. The van der Waals surface area contributed by atoms with Crippen molar-refractivity contribution in [1.82, 2.24) is 10.2 Å². The highest BCUT2D eigenvalue weighted by Crippen LogP contribution is 2.23. The summed E-state index contributed by atoms with van der Waals surface area (Å²) < 4.78 is 0. The first kappa shape index (κ1) is 16.1. The van der Waals surface area contributed by atoms with Gasteiger partial charge in [-0.2, -0.15) is 0 Å². The Morgan fingerprint density at radius 2 is 1.78 bits per heavy atom. The van der Waals surface area contributed by atoms with Crippen molar-refractivity contribution < 1.29 is 4.79 Å². The Labute approximate surface area is 139 Å². The number of urea groups is 1. The van der Waals surface area contributed by atoms with Crippen LogP contribution in [0.25, 0.3) is 0 Å². The van der Waals surface area contributed by atoms with Crippen LogP contribution in [-0.4, -0.2) is 24.0 Å². The van der Waals surface area contributed by atoms with E-state index in [1.807, 2.05) is 11.1 Å². The molecule has 2 fully saturated rings. The van der Waals surface area contributed by atoms with E-state index in [4.69, 9.17) is 0 Å². The van der Waals surface area contributed by atoms with Gasteiger partial charge >= 0.3 is 6.03 Å². The standard InChI is InChI=1S/C20H28N2O/c23-20(21-16-19-9-5-2-6-10-19)22-13-11-18(12-14-22)15-17-7-3-1-4-8-17/h1,3-4,7-8,16,18H,2,5-6,9-15H2,(H,21,23). The van der Waals surface area contributed by atoms with Crippen LogP contribution in [-0.2, 0) is 6.42 Å². The minimum Gasteiger partial charge on any atom is -0.325 e. The summed E-state index contributed by atoms with van der Waals surface area (Å²) in [6.45, 7) is 1.76. The van der Waals surface area contributed by atoms with Crippen LogP contribution in [0.1, 0.15) is 50.5 Å². The number of rotatable bonds is 3. The fourth-order valence-electron chi connectivity index (χ4n) is 3.69. The van der Waals surface area contributed by atoms with Gasteiger partial charge in [0.15, 0.2) is 0 Å². The second kappa shape index (κ2) is 8.19. The molecule has 0 radical (unpaired) electrons. The van der Waals surface area contributed by atoms with Crippen molar-refractivity contribution in [2.45, 2.75) is 51.4 Å². The number of hydrogen-bond acceptors (Lipinski definition) is 1. The van der Waals surface area contributed by atoms with Gasteiger partial charge in [-0.25, -0.2) is 4.79 Å². The van der Waals surface area contributed by atoms with Crippen LogP contribution in [0, 0.1) is 5.92 Å². The summed E-state index contributed by atoms with van der Waals surface area (Å²) in [6.07, 6.45) is 11.5. The molecule has 3 rings (SSSR count). The quantitative estimate of drug-likeness (QED) is 0.875. The molecule has 23 heavy (non-hydrogen) atoms. The minimum absolute atomic E-state index is 0.0845. The Morgan fingerprint density at radius 1 is 1.09 bits per heavy atom. The number of nitrogens with one attached hydrogen (secondary N) is 1. The maximum Gasteiger partial charge on any atom is 0.321 e. The summed E-state index contributed by atoms with van der Waals surface area (Å²) in [5.41, 5.74) is 2.82. The molecular weight excluding hydrogens is 284 g/mol. The van der Waals surface area contributed by atoms with Crippen LogP contribution in [0.4, 0.5) is 4.79 Å². The van der Waals surface area contributed by atoms with E-state index in [0.717, 1.165) is 45.2 Å². The predicted octanol–water partition coefficient (Wildman–Crippen LogP) is 4.50. The maximum atomic E-state index is 12.3. The zero-order chi connectivity index (χ0) is 15.9. The summed E-state index contributed by atoms with van der Waals surface area (Å²) in [5, 5.41) is 3.01. The Kier molecular flexibility index (Phi) is 5.73. The second-order valence-electron chi connectivity index (χ2n) is 6.93. The Hall–Kier alpha value is -1.77. The molecular formula is C20H28N2O. The molecule has 0 bridgehead atoms. The van der Waals surface area contributed by atoms with Gasteiger partial charge in [-0.05, 0) is 56.4 Å². The van der Waals surface area contributed by atoms with Crippen LogP contribution in [0.3, 0.4) is 0 Å². The van der Waals surface area contributed by atoms with E-state index in [1.165, 1.54) is 30.4 Å². The smallest absolute Gasteiger partial charge is 0.321 e. The van der Waals surface area contributed by atoms with Gasteiger partial charge in [0, 0.05) is 19.3 Å². The van der Waals surface area contributed by atoms with Crippen LogP contribution in [0.5, 0.6) is 0 Å². The lowest BCUT2D eigenvalue weighted by Gasteiger charge is -2.32. The number of carbonyl (C=O) groups is 1. The van der Waals surface area contributed by atoms with Crippen molar-refractivity contribution in [2.75, 3.05) is 13.1 Å². The predicted molar refractivity (Wildman–Crippen MR) is 94.1 cm³/mol. The van der Waals surface area contributed by atoms with Gasteiger partial charge < -0.3 is 10.2 Å². The number of piperidine rings is 1. The topological polar surface area (TPSA) is 32.3 Å². The summed E-state index contributed by atoms with van der Waals surface area (Å²) in [7, 11) is 0. The van der Waals surface area contributed by atoms with Crippen molar-refractivity contribution in [1.29, 1.82) is 0 Å². The second-order valence-corrected chi connectivity index (χ2v) is 6.93. The van der Waals surface area contributed by atoms with Gasteiger partial charge in [-0.15, -0.1) is 0 Å². The molecule has 2 aliphatic rings. The molecule has 1 saturated carbocycles. The Bertz CT molecular complexity index is 522. The molecule has 1 aromatic carbocycles. The van der Waals surface area contributed by atoms with E-state index in [-0.39, 0.29) is 6.03 Å². The van der Waals surface area contributed by atoms with Crippen LogP contribution in [0.15, 0.2) is 42.1 Å². The molecule has 1 heterocycles. The number of nitrogens with zero attached hydrogens (tertiary/aromatic N) is 1. The first-order valence-electron chi connectivity index (χ1n) is 9.08. The zero-order valence-electron chi connectivity index (χ0n) is 14.0. The number of carbonyl (C=O) groups excluding carboxylic acids is 1. The van der Waals surface area contributed by atoms with Crippen molar-refractivity contribution >= 4 is 6.03 Å². The Morgan fingerprint density at radius 3 is 2.48 bits per heavy atom. The fourth-order valence-corrected chi connectivity index (χ4v) is 3.69. The fraction of sp³-hybridized carbons (Fsp3) is 0.550. The molecule has 1 aliphatic heterocycles. The monoisotopic (exact) mass is 312 g/mol. The van der Waals surface area contributed by atoms with Gasteiger partial charge in [0.25, 0.3) is 0 Å². The maximum absolute atomic E-state index is 12.3. The van der Waals surface area contributed by atoms with Crippen LogP contribution in [0.2, 0.25) is 0 Å². The molecule has 1 aromatic rings. The molecule has 2 amide bonds. The van der Waals surface area contributed by atoms with E-state index >= 15 is 0 Å². The van der Waals surface area contributed by atoms with Gasteiger partial charge in [0.2, 0.25) is 0 Å². The Balaban J connectivity index is 1.42. The molecule has 1 N–H and O–H groups in total. The van der Waals surface area contributed by atoms with Gasteiger partial charge in [0.1, 0.15) is 0 Å². The summed E-state index contributed by atoms with van der Waals surface area (Å²) in [4.78, 5) is 14.2. The number of hydrogen-bond donors (Lipinski definition) is 1. The van der Waals surface area contributed by atoms with Crippen molar-refractivity contribution in [3.8, 4) is 0 Å². The van der Waals surface area contributed by atoms with Gasteiger partial charge in [0.05, 0.1) is 0 Å². The molecule has 124 valence electrons. The molecule has 0 spiro atoms. The third kappa shape index (κ3) is 4.85. The van der Waals surface area contributed by atoms with Crippen LogP contribution >= 0.6 is 0 Å². The molecule has 0 atom stereocenters. The van der Waals surface area contributed by atoms with Gasteiger partial charge in [-0.3, -0.25) is 0 Å². The summed E-state index contributed by atoms with van der Waals surface area (Å²) in [6, 6.07) is 10.8. The molecule has 3 heteroatoms. The first-order valence-corrected chi connectivity index (χ1v) is 9.08. The average molecular weight is 312 g/mol. The lowest BCUT2D eigenvalue weighted by atomic mass is 9.90. The van der Waals surface area contributed by atoms with E-state index in [1.54, 1.807) is 0 Å². The molecule has 3 nitrogen and oxygen atoms in total. The first-order chi connectivity index (χ1) is 11.3. The lowest BCUT2D eigenvalue weighted by Crippen LogP contribution is -2.43. The number of amides is 2. The van der Waals surface area contributed by atoms with Gasteiger partial charge in [-0.1, -0.05) is 42.3 Å². The van der Waals surface area contributed by atoms with E-state index in [2.05, 4.69) is 35.6 Å². The highest BCUT2D eigenvalue weighted by molar-refractivity contribution is 5.75.